The number of aromatic nitrogens is 1. The fourth-order valence-electron chi connectivity index (χ4n) is 2.97. The summed E-state index contributed by atoms with van der Waals surface area (Å²) in [7, 11) is 0. The molecule has 0 radical (unpaired) electrons. The van der Waals surface area contributed by atoms with Gasteiger partial charge in [-0.3, -0.25) is 0 Å². The molecule has 1 aromatic rings. The molecule has 0 amide bonds. The lowest BCUT2D eigenvalue weighted by Gasteiger charge is -2.16. The predicted octanol–water partition coefficient (Wildman–Crippen LogP) is 1.32. The second kappa shape index (κ2) is 3.21. The van der Waals surface area contributed by atoms with Gasteiger partial charge in [0.2, 0.25) is 0 Å². The molecule has 0 saturated carbocycles. The first-order valence-electron chi connectivity index (χ1n) is 5.29. The molecule has 1 aromatic heterocycles. The molecule has 3 rings (SSSR count). The van der Waals surface area contributed by atoms with Crippen LogP contribution in [0.25, 0.3) is 0 Å². The van der Waals surface area contributed by atoms with Gasteiger partial charge in [0.05, 0.1) is 12.1 Å². The van der Waals surface area contributed by atoms with E-state index in [4.69, 9.17) is 11.6 Å². The van der Waals surface area contributed by atoms with Crippen LogP contribution in [-0.4, -0.2) is 17.1 Å². The molecule has 3 atom stereocenters. The van der Waals surface area contributed by atoms with Gasteiger partial charge in [-0.15, -0.1) is 0 Å². The van der Waals surface area contributed by atoms with Crippen LogP contribution in [0.4, 0.5) is 0 Å². The van der Waals surface area contributed by atoms with E-state index in [1.165, 1.54) is 24.8 Å². The zero-order chi connectivity index (χ0) is 9.54. The second-order valence-electron chi connectivity index (χ2n) is 4.45. The largest absolute Gasteiger partial charge is 0.341 e. The van der Waals surface area contributed by atoms with Gasteiger partial charge < -0.3 is 5.32 Å². The van der Waals surface area contributed by atoms with E-state index >= 15 is 0 Å². The van der Waals surface area contributed by atoms with Crippen LogP contribution in [0.5, 0.6) is 0 Å². The Labute approximate surface area is 88.7 Å². The van der Waals surface area contributed by atoms with Crippen molar-refractivity contribution in [1.82, 2.24) is 4.98 Å². The number of nitrogens with zero attached hydrogens (tertiary/aromatic N) is 1. The minimum Gasteiger partial charge on any atom is -0.341 e. The van der Waals surface area contributed by atoms with Crippen LogP contribution in [-0.2, 0) is 0 Å². The standard InChI is InChI=1S/C11H13ClN2/c12-11-4-1-7(6-13-11)9-5-8-2-3-10(9)14-8/h1,4,6,8-10,14H,2-3,5H2/p+1/t8-,9+,10+/m0/s1. The predicted molar refractivity (Wildman–Crippen MR) is 55.3 cm³/mol. The molecule has 2 nitrogen and oxygen atoms in total. The normalized spacial score (nSPS) is 35.1. The third-order valence-corrected chi connectivity index (χ3v) is 3.87. The van der Waals surface area contributed by atoms with Gasteiger partial charge in [0, 0.05) is 31.4 Å². The number of hydrogen-bond donors (Lipinski definition) is 1. The highest BCUT2D eigenvalue weighted by Gasteiger charge is 2.44. The zero-order valence-corrected chi connectivity index (χ0v) is 8.74. The lowest BCUT2D eigenvalue weighted by Crippen LogP contribution is -2.88. The molecule has 0 aromatic carbocycles. The van der Waals surface area contributed by atoms with E-state index < -0.39 is 0 Å². The summed E-state index contributed by atoms with van der Waals surface area (Å²) in [5, 5.41) is 3.14. The quantitative estimate of drug-likeness (QED) is 0.695. The first-order chi connectivity index (χ1) is 6.83. The number of nitrogens with two attached hydrogens (primary N) is 1. The van der Waals surface area contributed by atoms with Crippen LogP contribution in [0.1, 0.15) is 30.7 Å². The van der Waals surface area contributed by atoms with E-state index in [9.17, 15) is 0 Å². The number of fused-ring (bicyclic) bond motifs is 2. The molecule has 2 aliphatic heterocycles. The van der Waals surface area contributed by atoms with Crippen LogP contribution in [0, 0.1) is 0 Å². The third kappa shape index (κ3) is 1.33. The maximum atomic E-state index is 5.78. The summed E-state index contributed by atoms with van der Waals surface area (Å²) in [6, 6.07) is 5.72. The summed E-state index contributed by atoms with van der Waals surface area (Å²) in [4.78, 5) is 4.16. The van der Waals surface area contributed by atoms with Crippen molar-refractivity contribution in [1.29, 1.82) is 0 Å². The van der Waals surface area contributed by atoms with Gasteiger partial charge >= 0.3 is 0 Å². The summed E-state index contributed by atoms with van der Waals surface area (Å²) in [6.45, 7) is 0. The van der Waals surface area contributed by atoms with Crippen molar-refractivity contribution < 1.29 is 5.32 Å². The summed E-state index contributed by atoms with van der Waals surface area (Å²) in [5.74, 6) is 0.721. The molecule has 2 aliphatic rings. The minimum atomic E-state index is 0.598. The maximum Gasteiger partial charge on any atom is 0.129 e. The van der Waals surface area contributed by atoms with Gasteiger partial charge in [-0.1, -0.05) is 17.7 Å². The number of pyridine rings is 1. The van der Waals surface area contributed by atoms with Crippen molar-refractivity contribution >= 4 is 11.6 Å². The Morgan fingerprint density at radius 3 is 2.86 bits per heavy atom. The molecule has 0 spiro atoms. The number of rotatable bonds is 1. The van der Waals surface area contributed by atoms with Crippen LogP contribution >= 0.6 is 11.6 Å². The molecule has 2 bridgehead atoms. The Balaban J connectivity index is 1.86. The lowest BCUT2D eigenvalue weighted by molar-refractivity contribution is -0.682. The van der Waals surface area contributed by atoms with Crippen LogP contribution < -0.4 is 5.32 Å². The van der Waals surface area contributed by atoms with Gasteiger partial charge in [-0.25, -0.2) is 4.98 Å². The Kier molecular flexibility index (Phi) is 1.99. The fourth-order valence-corrected chi connectivity index (χ4v) is 3.08. The molecule has 14 heavy (non-hydrogen) atoms. The molecular weight excluding hydrogens is 196 g/mol. The maximum absolute atomic E-state index is 5.78. The molecule has 2 saturated heterocycles. The van der Waals surface area contributed by atoms with Gasteiger partial charge in [0.25, 0.3) is 0 Å². The molecular formula is C11H14ClN2+. The van der Waals surface area contributed by atoms with Gasteiger partial charge in [-0.2, -0.15) is 0 Å². The van der Waals surface area contributed by atoms with Crippen molar-refractivity contribution in [3.05, 3.63) is 29.0 Å². The van der Waals surface area contributed by atoms with Gasteiger partial charge in [0.1, 0.15) is 5.15 Å². The van der Waals surface area contributed by atoms with Gasteiger partial charge in [-0.05, 0) is 11.6 Å². The molecule has 3 heteroatoms. The van der Waals surface area contributed by atoms with Crippen LogP contribution in [0.2, 0.25) is 5.15 Å². The van der Waals surface area contributed by atoms with Crippen LogP contribution in [0.3, 0.4) is 0 Å². The topological polar surface area (TPSA) is 29.5 Å². The molecule has 74 valence electrons. The fraction of sp³-hybridized carbons (Fsp3) is 0.545. The average Bonchev–Trinajstić information content (AvgIpc) is 2.80. The minimum absolute atomic E-state index is 0.598. The van der Waals surface area contributed by atoms with E-state index in [0.29, 0.717) is 5.15 Å². The zero-order valence-electron chi connectivity index (χ0n) is 7.99. The third-order valence-electron chi connectivity index (χ3n) is 3.64. The smallest absolute Gasteiger partial charge is 0.129 e. The Morgan fingerprint density at radius 2 is 2.29 bits per heavy atom. The summed E-state index contributed by atoms with van der Waals surface area (Å²) < 4.78 is 0. The average molecular weight is 210 g/mol. The first kappa shape index (κ1) is 8.69. The van der Waals surface area contributed by atoms with Crippen LogP contribution in [0.15, 0.2) is 18.3 Å². The van der Waals surface area contributed by atoms with Crippen molar-refractivity contribution in [3.63, 3.8) is 0 Å². The van der Waals surface area contributed by atoms with Gasteiger partial charge in [0.15, 0.2) is 0 Å². The van der Waals surface area contributed by atoms with E-state index in [0.717, 1.165) is 18.0 Å². The molecule has 3 heterocycles. The number of halogens is 1. The SMILES string of the molecule is Clc1ccc([C@H]2C[C@@H]3CC[C@H]2[NH2+]3)cn1. The molecule has 0 aliphatic carbocycles. The van der Waals surface area contributed by atoms with Crippen molar-refractivity contribution in [2.24, 2.45) is 0 Å². The van der Waals surface area contributed by atoms with E-state index in [-0.39, 0.29) is 0 Å². The number of quaternary nitrogens is 1. The lowest BCUT2D eigenvalue weighted by atomic mass is 9.85. The van der Waals surface area contributed by atoms with E-state index in [1.807, 2.05) is 12.3 Å². The molecule has 0 unspecified atom stereocenters. The highest BCUT2D eigenvalue weighted by atomic mass is 35.5. The van der Waals surface area contributed by atoms with E-state index in [2.05, 4.69) is 16.4 Å². The Hall–Kier alpha value is -0.600. The Morgan fingerprint density at radius 1 is 1.36 bits per heavy atom. The summed E-state index contributed by atoms with van der Waals surface area (Å²) in [5.41, 5.74) is 1.37. The number of hydrogen-bond acceptors (Lipinski definition) is 1. The summed E-state index contributed by atoms with van der Waals surface area (Å²) >= 11 is 5.78. The first-order valence-corrected chi connectivity index (χ1v) is 5.67. The highest BCUT2D eigenvalue weighted by Crippen LogP contribution is 2.34. The highest BCUT2D eigenvalue weighted by molar-refractivity contribution is 6.29. The van der Waals surface area contributed by atoms with Crippen molar-refractivity contribution in [3.8, 4) is 0 Å². The Bertz CT molecular complexity index is 336. The molecule has 2 fully saturated rings. The van der Waals surface area contributed by atoms with E-state index in [1.54, 1.807) is 0 Å². The monoisotopic (exact) mass is 209 g/mol. The van der Waals surface area contributed by atoms with Crippen molar-refractivity contribution in [2.45, 2.75) is 37.3 Å². The van der Waals surface area contributed by atoms with Crippen molar-refractivity contribution in [2.75, 3.05) is 0 Å². The molecule has 2 N–H and O–H groups in total. The summed E-state index contributed by atoms with van der Waals surface area (Å²) in [6.07, 6.45) is 6.05. The second-order valence-corrected chi connectivity index (χ2v) is 4.84.